The van der Waals surface area contributed by atoms with Gasteiger partial charge in [0.1, 0.15) is 5.60 Å². The average molecular weight is 305 g/mol. The highest BCUT2D eigenvalue weighted by Gasteiger charge is 2.44. The van der Waals surface area contributed by atoms with Crippen LogP contribution >= 0.6 is 0 Å². The van der Waals surface area contributed by atoms with Crippen LogP contribution in [0.5, 0.6) is 0 Å². The second kappa shape index (κ2) is 5.18. The molecule has 1 amide bonds. The lowest BCUT2D eigenvalue weighted by Gasteiger charge is -2.25. The molecule has 7 heteroatoms. The van der Waals surface area contributed by atoms with E-state index >= 15 is 0 Å². The van der Waals surface area contributed by atoms with Crippen LogP contribution < -0.4 is 0 Å². The summed E-state index contributed by atoms with van der Waals surface area (Å²) in [6.07, 6.45) is 1.21. The van der Waals surface area contributed by atoms with E-state index < -0.39 is 15.7 Å². The van der Waals surface area contributed by atoms with Crippen molar-refractivity contribution in [1.82, 2.24) is 4.90 Å². The van der Waals surface area contributed by atoms with Crippen molar-refractivity contribution < 1.29 is 22.5 Å². The van der Waals surface area contributed by atoms with Crippen LogP contribution in [0.25, 0.3) is 0 Å². The predicted octanol–water partition coefficient (Wildman–Crippen LogP) is 1.77. The van der Waals surface area contributed by atoms with Crippen molar-refractivity contribution in [3.8, 4) is 0 Å². The summed E-state index contributed by atoms with van der Waals surface area (Å²) >= 11 is 0. The Kier molecular flexibility index (Phi) is 4.03. The van der Waals surface area contributed by atoms with Crippen LogP contribution in [0.15, 0.2) is 0 Å². The van der Waals surface area contributed by atoms with Crippen molar-refractivity contribution >= 4 is 16.2 Å². The van der Waals surface area contributed by atoms with Gasteiger partial charge in [-0.15, -0.1) is 0 Å². The Morgan fingerprint density at radius 2 is 1.75 bits per heavy atom. The van der Waals surface area contributed by atoms with Gasteiger partial charge in [0.25, 0.3) is 10.1 Å². The van der Waals surface area contributed by atoms with Gasteiger partial charge in [0.15, 0.2) is 0 Å². The maximum absolute atomic E-state index is 12.0. The minimum Gasteiger partial charge on any atom is -0.444 e. The highest BCUT2D eigenvalue weighted by Crippen LogP contribution is 2.42. The lowest BCUT2D eigenvalue weighted by Crippen LogP contribution is -2.36. The highest BCUT2D eigenvalue weighted by atomic mass is 32.2. The molecule has 6 nitrogen and oxygen atoms in total. The zero-order chi connectivity index (χ0) is 15.1. The Labute approximate surface area is 120 Å². The molecule has 0 aromatic carbocycles. The Bertz CT molecular complexity index is 467. The van der Waals surface area contributed by atoms with Gasteiger partial charge in [-0.2, -0.15) is 8.42 Å². The minimum absolute atomic E-state index is 0.0146. The van der Waals surface area contributed by atoms with E-state index in [1.54, 1.807) is 4.90 Å². The van der Waals surface area contributed by atoms with Crippen molar-refractivity contribution in [2.45, 2.75) is 39.2 Å². The lowest BCUT2D eigenvalue weighted by molar-refractivity contribution is 0.0278. The molecule has 1 N–H and O–H groups in total. The molecule has 0 aromatic rings. The van der Waals surface area contributed by atoms with E-state index in [-0.39, 0.29) is 17.8 Å². The zero-order valence-corrected chi connectivity index (χ0v) is 13.0. The number of amides is 1. The van der Waals surface area contributed by atoms with E-state index in [1.165, 1.54) is 0 Å². The van der Waals surface area contributed by atoms with Gasteiger partial charge in [0.2, 0.25) is 0 Å². The minimum atomic E-state index is -3.90. The summed E-state index contributed by atoms with van der Waals surface area (Å²) in [5, 5.41) is 0. The third-order valence-corrected chi connectivity index (χ3v) is 4.84. The molecule has 0 bridgehead atoms. The molecule has 116 valence electrons. The predicted molar refractivity (Wildman–Crippen MR) is 73.9 cm³/mol. The number of hydrogen-bond acceptors (Lipinski definition) is 4. The second-order valence-electron chi connectivity index (χ2n) is 6.99. The van der Waals surface area contributed by atoms with Crippen molar-refractivity contribution in [1.29, 1.82) is 0 Å². The molecule has 1 unspecified atom stereocenters. The first-order chi connectivity index (χ1) is 9.03. The Hall–Kier alpha value is -0.820. The maximum Gasteiger partial charge on any atom is 0.410 e. The van der Waals surface area contributed by atoms with Crippen LogP contribution in [0, 0.1) is 17.8 Å². The molecule has 2 rings (SSSR count). The molecule has 1 heterocycles. The Morgan fingerprint density at radius 3 is 2.15 bits per heavy atom. The zero-order valence-electron chi connectivity index (χ0n) is 12.2. The van der Waals surface area contributed by atoms with Crippen LogP contribution in [0.3, 0.4) is 0 Å². The number of ether oxygens (including phenoxy) is 1. The van der Waals surface area contributed by atoms with Crippen LogP contribution in [0.1, 0.15) is 33.6 Å². The summed E-state index contributed by atoms with van der Waals surface area (Å²) in [4.78, 5) is 13.7. The molecule has 1 saturated heterocycles. The highest BCUT2D eigenvalue weighted by molar-refractivity contribution is 7.85. The fourth-order valence-corrected chi connectivity index (χ4v) is 4.20. The quantitative estimate of drug-likeness (QED) is 0.786. The number of carbonyl (C=O) groups excluding carboxylic acids is 1. The summed E-state index contributed by atoms with van der Waals surface area (Å²) in [5.74, 6) is 0.510. The summed E-state index contributed by atoms with van der Waals surface area (Å²) in [7, 11) is -3.90. The van der Waals surface area contributed by atoms with Crippen molar-refractivity contribution in [3.05, 3.63) is 0 Å². The molecule has 3 atom stereocenters. The molecule has 0 radical (unpaired) electrons. The van der Waals surface area contributed by atoms with E-state index in [0.29, 0.717) is 24.9 Å². The van der Waals surface area contributed by atoms with Gasteiger partial charge >= 0.3 is 6.09 Å². The summed E-state index contributed by atoms with van der Waals surface area (Å²) in [5.41, 5.74) is -0.498. The van der Waals surface area contributed by atoms with Gasteiger partial charge in [-0.25, -0.2) is 4.79 Å². The molecule has 1 saturated carbocycles. The van der Waals surface area contributed by atoms with Crippen molar-refractivity contribution in [2.75, 3.05) is 18.8 Å². The molecular weight excluding hydrogens is 282 g/mol. The Balaban J connectivity index is 1.87. The van der Waals surface area contributed by atoms with Crippen molar-refractivity contribution in [2.24, 2.45) is 17.8 Å². The first kappa shape index (κ1) is 15.6. The van der Waals surface area contributed by atoms with E-state index in [4.69, 9.17) is 9.29 Å². The van der Waals surface area contributed by atoms with E-state index in [9.17, 15) is 13.2 Å². The van der Waals surface area contributed by atoms with E-state index in [1.807, 2.05) is 20.8 Å². The molecule has 2 aliphatic rings. The van der Waals surface area contributed by atoms with Gasteiger partial charge < -0.3 is 9.64 Å². The second-order valence-corrected chi connectivity index (χ2v) is 8.49. The smallest absolute Gasteiger partial charge is 0.410 e. The van der Waals surface area contributed by atoms with Gasteiger partial charge in [0, 0.05) is 13.1 Å². The monoisotopic (exact) mass is 305 g/mol. The normalized spacial score (nSPS) is 30.4. The third-order valence-electron chi connectivity index (χ3n) is 3.95. The lowest BCUT2D eigenvalue weighted by atomic mass is 10.0. The maximum atomic E-state index is 12.0. The molecule has 1 aliphatic heterocycles. The van der Waals surface area contributed by atoms with Crippen LogP contribution in [-0.2, 0) is 14.9 Å². The number of fused-ring (bicyclic) bond motifs is 1. The average Bonchev–Trinajstić information content (AvgIpc) is 2.68. The van der Waals surface area contributed by atoms with Gasteiger partial charge in [0.05, 0.1) is 5.75 Å². The third kappa shape index (κ3) is 4.09. The van der Waals surface area contributed by atoms with Gasteiger partial charge in [-0.1, -0.05) is 0 Å². The molecule has 0 spiro atoms. The molecule has 1 aliphatic carbocycles. The summed E-state index contributed by atoms with van der Waals surface area (Å²) in [6.45, 7) is 6.76. The van der Waals surface area contributed by atoms with Gasteiger partial charge in [-0.05, 0) is 51.4 Å². The van der Waals surface area contributed by atoms with Crippen LogP contribution in [0.2, 0.25) is 0 Å². The number of carbonyl (C=O) groups is 1. The van der Waals surface area contributed by atoms with Crippen LogP contribution in [0.4, 0.5) is 4.79 Å². The molecule has 0 aromatic heterocycles. The number of rotatable bonds is 2. The number of nitrogens with zero attached hydrogens (tertiary/aromatic N) is 1. The fraction of sp³-hybridized carbons (Fsp3) is 0.923. The standard InChI is InChI=1S/C13H23NO5S/c1-13(2,3)19-12(15)14-6-10-4-9(5-11(10)7-14)8-20(16,17)18/h9-11H,4-8H2,1-3H3,(H,16,17,18)/t9?,10-,11+. The Morgan fingerprint density at radius 1 is 1.25 bits per heavy atom. The first-order valence-electron chi connectivity index (χ1n) is 6.96. The van der Waals surface area contributed by atoms with E-state index in [2.05, 4.69) is 0 Å². The number of likely N-dealkylation sites (tertiary alicyclic amines) is 1. The van der Waals surface area contributed by atoms with Gasteiger partial charge in [-0.3, -0.25) is 4.55 Å². The van der Waals surface area contributed by atoms with Crippen molar-refractivity contribution in [3.63, 3.8) is 0 Å². The van der Waals surface area contributed by atoms with Crippen LogP contribution in [-0.4, -0.2) is 48.4 Å². The molecule has 2 fully saturated rings. The fourth-order valence-electron chi connectivity index (χ4n) is 3.33. The number of hydrogen-bond donors (Lipinski definition) is 1. The largest absolute Gasteiger partial charge is 0.444 e. The molecular formula is C13H23NO5S. The topological polar surface area (TPSA) is 83.9 Å². The summed E-state index contributed by atoms with van der Waals surface area (Å²) < 4.78 is 36.1. The molecule has 20 heavy (non-hydrogen) atoms. The van der Waals surface area contributed by atoms with E-state index in [0.717, 1.165) is 12.8 Å². The first-order valence-corrected chi connectivity index (χ1v) is 8.57. The summed E-state index contributed by atoms with van der Waals surface area (Å²) in [6, 6.07) is 0. The SMILES string of the molecule is CC(C)(C)OC(=O)N1C[C@H]2CC(CS(=O)(=O)O)C[C@H]2C1.